The standard InChI is InChI=1S/C12H19N/c1-6-11(7-2)13-10-8-9-12(3,4)5/h1,11,13H,7,10H2,2-5H3. The van der Waals surface area contributed by atoms with Crippen molar-refractivity contribution in [2.24, 2.45) is 5.41 Å². The minimum Gasteiger partial charge on any atom is -0.293 e. The molecule has 0 aliphatic carbocycles. The van der Waals surface area contributed by atoms with Crippen LogP contribution in [0.3, 0.4) is 0 Å². The highest BCUT2D eigenvalue weighted by Crippen LogP contribution is 2.09. The molecular weight excluding hydrogens is 158 g/mol. The van der Waals surface area contributed by atoms with Crippen molar-refractivity contribution in [2.75, 3.05) is 6.54 Å². The Morgan fingerprint density at radius 2 is 2.00 bits per heavy atom. The molecule has 1 N–H and O–H groups in total. The summed E-state index contributed by atoms with van der Waals surface area (Å²) in [7, 11) is 0. The van der Waals surface area contributed by atoms with Gasteiger partial charge in [0.05, 0.1) is 12.6 Å². The van der Waals surface area contributed by atoms with E-state index in [0.717, 1.165) is 6.42 Å². The predicted molar refractivity (Wildman–Crippen MR) is 58.1 cm³/mol. The summed E-state index contributed by atoms with van der Waals surface area (Å²) in [6, 6.07) is 0.161. The van der Waals surface area contributed by atoms with Gasteiger partial charge in [-0.15, -0.1) is 6.42 Å². The molecule has 0 amide bonds. The van der Waals surface area contributed by atoms with Gasteiger partial charge in [0.15, 0.2) is 0 Å². The summed E-state index contributed by atoms with van der Waals surface area (Å²) < 4.78 is 0. The molecule has 72 valence electrons. The smallest absolute Gasteiger partial charge is 0.0691 e. The van der Waals surface area contributed by atoms with Gasteiger partial charge in [-0.2, -0.15) is 0 Å². The summed E-state index contributed by atoms with van der Waals surface area (Å²) in [6.07, 6.45) is 6.24. The molecule has 0 aliphatic heterocycles. The minimum atomic E-state index is 0.0829. The Hall–Kier alpha value is -0.920. The maximum Gasteiger partial charge on any atom is 0.0691 e. The Labute approximate surface area is 82.3 Å². The van der Waals surface area contributed by atoms with Crippen LogP contribution in [0.4, 0.5) is 0 Å². The first-order valence-electron chi connectivity index (χ1n) is 4.69. The Balaban J connectivity index is 3.78. The molecule has 0 aromatic heterocycles. The van der Waals surface area contributed by atoms with Crippen LogP contribution in [0.1, 0.15) is 34.1 Å². The monoisotopic (exact) mass is 177 g/mol. The van der Waals surface area contributed by atoms with Gasteiger partial charge < -0.3 is 0 Å². The fraction of sp³-hybridized carbons (Fsp3) is 0.667. The van der Waals surface area contributed by atoms with Crippen molar-refractivity contribution < 1.29 is 0 Å². The van der Waals surface area contributed by atoms with Crippen LogP contribution >= 0.6 is 0 Å². The summed E-state index contributed by atoms with van der Waals surface area (Å²) in [5, 5.41) is 3.18. The number of rotatable bonds is 3. The molecule has 0 aromatic carbocycles. The van der Waals surface area contributed by atoms with Crippen molar-refractivity contribution in [2.45, 2.75) is 40.2 Å². The third-order valence-corrected chi connectivity index (χ3v) is 1.51. The molecule has 0 rings (SSSR count). The normalized spacial score (nSPS) is 12.5. The Bertz CT molecular complexity index is 229. The van der Waals surface area contributed by atoms with E-state index in [2.05, 4.69) is 50.8 Å². The fourth-order valence-corrected chi connectivity index (χ4v) is 0.805. The van der Waals surface area contributed by atoms with Crippen LogP contribution in [0.5, 0.6) is 0 Å². The zero-order valence-corrected chi connectivity index (χ0v) is 9.07. The predicted octanol–water partition coefficient (Wildman–Crippen LogP) is 2.04. The number of hydrogen-bond donors (Lipinski definition) is 1. The van der Waals surface area contributed by atoms with Gasteiger partial charge in [0.1, 0.15) is 0 Å². The number of terminal acetylenes is 1. The van der Waals surface area contributed by atoms with Crippen molar-refractivity contribution in [3.05, 3.63) is 0 Å². The fourth-order valence-electron chi connectivity index (χ4n) is 0.805. The first-order chi connectivity index (χ1) is 5.99. The van der Waals surface area contributed by atoms with E-state index in [1.54, 1.807) is 0 Å². The molecule has 0 heterocycles. The van der Waals surface area contributed by atoms with Crippen molar-refractivity contribution in [1.29, 1.82) is 0 Å². The summed E-state index contributed by atoms with van der Waals surface area (Å²) in [4.78, 5) is 0. The van der Waals surface area contributed by atoms with Gasteiger partial charge in [0.25, 0.3) is 0 Å². The van der Waals surface area contributed by atoms with Crippen molar-refractivity contribution >= 4 is 0 Å². The first kappa shape index (κ1) is 12.1. The molecule has 13 heavy (non-hydrogen) atoms. The van der Waals surface area contributed by atoms with Crippen molar-refractivity contribution in [1.82, 2.24) is 5.32 Å². The van der Waals surface area contributed by atoms with Crippen LogP contribution in [0, 0.1) is 29.6 Å². The molecule has 1 heteroatoms. The van der Waals surface area contributed by atoms with Crippen molar-refractivity contribution in [3.63, 3.8) is 0 Å². The Morgan fingerprint density at radius 3 is 2.38 bits per heavy atom. The zero-order chi connectivity index (χ0) is 10.3. The second-order valence-electron chi connectivity index (χ2n) is 4.06. The first-order valence-corrected chi connectivity index (χ1v) is 4.69. The van der Waals surface area contributed by atoms with Crippen molar-refractivity contribution in [3.8, 4) is 24.2 Å². The molecule has 0 fully saturated rings. The van der Waals surface area contributed by atoms with Gasteiger partial charge in [0.2, 0.25) is 0 Å². The van der Waals surface area contributed by atoms with Gasteiger partial charge in [-0.05, 0) is 27.2 Å². The second kappa shape index (κ2) is 5.68. The van der Waals surface area contributed by atoms with Gasteiger partial charge in [0, 0.05) is 5.41 Å². The lowest BCUT2D eigenvalue weighted by molar-refractivity contribution is 0.568. The summed E-state index contributed by atoms with van der Waals surface area (Å²) in [5.74, 6) is 8.88. The highest BCUT2D eigenvalue weighted by atomic mass is 14.9. The third kappa shape index (κ3) is 7.44. The Kier molecular flexibility index (Phi) is 5.28. The molecule has 1 atom stereocenters. The second-order valence-corrected chi connectivity index (χ2v) is 4.06. The quantitative estimate of drug-likeness (QED) is 0.650. The highest BCUT2D eigenvalue weighted by Gasteiger charge is 2.03. The summed E-state index contributed by atoms with van der Waals surface area (Å²) in [6.45, 7) is 9.03. The molecule has 0 bridgehead atoms. The minimum absolute atomic E-state index is 0.0829. The maximum atomic E-state index is 5.29. The van der Waals surface area contributed by atoms with E-state index in [1.807, 2.05) is 0 Å². The molecule has 0 aromatic rings. The van der Waals surface area contributed by atoms with Gasteiger partial charge >= 0.3 is 0 Å². The van der Waals surface area contributed by atoms with Crippen LogP contribution in [0.25, 0.3) is 0 Å². The van der Waals surface area contributed by atoms with E-state index >= 15 is 0 Å². The molecule has 0 saturated carbocycles. The van der Waals surface area contributed by atoms with E-state index < -0.39 is 0 Å². The summed E-state index contributed by atoms with van der Waals surface area (Å²) >= 11 is 0. The lowest BCUT2D eigenvalue weighted by Gasteiger charge is -2.08. The molecule has 0 saturated heterocycles. The van der Waals surface area contributed by atoms with Crippen LogP contribution in [-0.4, -0.2) is 12.6 Å². The molecule has 0 radical (unpaired) electrons. The van der Waals surface area contributed by atoms with Gasteiger partial charge in [-0.3, -0.25) is 5.32 Å². The average Bonchev–Trinajstić information content (AvgIpc) is 2.03. The van der Waals surface area contributed by atoms with Gasteiger partial charge in [-0.1, -0.05) is 24.7 Å². The van der Waals surface area contributed by atoms with Gasteiger partial charge in [-0.25, -0.2) is 0 Å². The zero-order valence-electron chi connectivity index (χ0n) is 9.07. The summed E-state index contributed by atoms with van der Waals surface area (Å²) in [5.41, 5.74) is 0.0829. The molecule has 0 spiro atoms. The van der Waals surface area contributed by atoms with E-state index in [4.69, 9.17) is 6.42 Å². The highest BCUT2D eigenvalue weighted by molar-refractivity contribution is 5.09. The van der Waals surface area contributed by atoms with E-state index in [9.17, 15) is 0 Å². The number of nitrogens with one attached hydrogen (secondary N) is 1. The molecule has 0 aliphatic rings. The van der Waals surface area contributed by atoms with E-state index in [0.29, 0.717) is 6.54 Å². The average molecular weight is 177 g/mol. The molecule has 1 nitrogen and oxygen atoms in total. The number of hydrogen-bond acceptors (Lipinski definition) is 1. The SMILES string of the molecule is C#CC(CC)NCC#CC(C)(C)C. The van der Waals surface area contributed by atoms with Crippen LogP contribution in [0.2, 0.25) is 0 Å². The third-order valence-electron chi connectivity index (χ3n) is 1.51. The van der Waals surface area contributed by atoms with Crippen LogP contribution in [0.15, 0.2) is 0 Å². The maximum absolute atomic E-state index is 5.29. The lowest BCUT2D eigenvalue weighted by Crippen LogP contribution is -2.27. The van der Waals surface area contributed by atoms with E-state index in [-0.39, 0.29) is 11.5 Å². The largest absolute Gasteiger partial charge is 0.293 e. The topological polar surface area (TPSA) is 12.0 Å². The molecule has 1 unspecified atom stereocenters. The van der Waals surface area contributed by atoms with Crippen LogP contribution < -0.4 is 5.32 Å². The van der Waals surface area contributed by atoms with Crippen LogP contribution in [-0.2, 0) is 0 Å². The van der Waals surface area contributed by atoms with E-state index in [1.165, 1.54) is 0 Å². The molecular formula is C12H19N. The lowest BCUT2D eigenvalue weighted by atomic mass is 9.98. The Morgan fingerprint density at radius 1 is 1.38 bits per heavy atom.